The fraction of sp³-hybridized carbons (Fsp3) is 0.462. The molecule has 0 aliphatic rings. The molecular formula is C13H20AuNOPS+. The minimum atomic E-state index is 0. The standard InChI is InChI=1S/C7H5NOS.C6H15P.Au/c10-7-8-5-3-1-2-4-6(5)9-7;1-4-7(5-2)6-3;/h1-4H,(H,8,10);4-6H2,1-3H3;/q;;+1. The monoisotopic (exact) mass is 466 g/mol. The molecule has 2 aromatic rings. The summed E-state index contributed by atoms with van der Waals surface area (Å²) >= 11 is 4.74. The molecule has 0 N–H and O–H groups in total. The molecule has 0 radical (unpaired) electrons. The number of rotatable bonds is 3. The molecule has 0 bridgehead atoms. The van der Waals surface area contributed by atoms with E-state index in [0.29, 0.717) is 5.22 Å². The van der Waals surface area contributed by atoms with E-state index in [-0.39, 0.29) is 30.3 Å². The van der Waals surface area contributed by atoms with Crippen LogP contribution in [0.1, 0.15) is 20.8 Å². The molecule has 5 heteroatoms. The van der Waals surface area contributed by atoms with Gasteiger partial charge in [0.1, 0.15) is 5.52 Å². The zero-order valence-electron chi connectivity index (χ0n) is 11.0. The molecule has 1 heterocycles. The summed E-state index contributed by atoms with van der Waals surface area (Å²) in [6.45, 7) is 6.92. The molecule has 0 aliphatic heterocycles. The Kier molecular flexibility index (Phi) is 9.98. The van der Waals surface area contributed by atoms with E-state index >= 15 is 0 Å². The minimum absolute atomic E-state index is 0. The predicted molar refractivity (Wildman–Crippen MR) is 79.6 cm³/mol. The second-order valence-corrected chi connectivity index (χ2v) is 7.73. The van der Waals surface area contributed by atoms with Crippen LogP contribution in [0.3, 0.4) is 0 Å². The van der Waals surface area contributed by atoms with Gasteiger partial charge in [0.05, 0.1) is 23.7 Å². The SMILES string of the molecule is CC[PH+](CC)CC.[Au+].[S-]c1nc2ccccc2o1. The van der Waals surface area contributed by atoms with Gasteiger partial charge in [0.2, 0.25) is 0 Å². The second kappa shape index (κ2) is 9.94. The van der Waals surface area contributed by atoms with Crippen LogP contribution in [0.5, 0.6) is 0 Å². The molecule has 1 aromatic heterocycles. The molecule has 2 nitrogen and oxygen atoms in total. The van der Waals surface area contributed by atoms with Crippen LogP contribution in [0.4, 0.5) is 0 Å². The van der Waals surface area contributed by atoms with Gasteiger partial charge >= 0.3 is 22.4 Å². The van der Waals surface area contributed by atoms with Crippen LogP contribution in [-0.4, -0.2) is 23.5 Å². The van der Waals surface area contributed by atoms with E-state index < -0.39 is 0 Å². The van der Waals surface area contributed by atoms with Gasteiger partial charge in [-0.1, -0.05) is 12.1 Å². The van der Waals surface area contributed by atoms with Gasteiger partial charge in [-0.2, -0.15) is 0 Å². The first-order chi connectivity index (χ1) is 8.21. The largest absolute Gasteiger partial charge is 1.00 e. The number of benzene rings is 1. The summed E-state index contributed by atoms with van der Waals surface area (Å²) in [5.41, 5.74) is 1.58. The van der Waals surface area contributed by atoms with E-state index in [1.54, 1.807) is 0 Å². The van der Waals surface area contributed by atoms with Gasteiger partial charge in [0, 0.05) is 0 Å². The van der Waals surface area contributed by atoms with Gasteiger partial charge in [-0.05, 0) is 40.8 Å². The van der Waals surface area contributed by atoms with Crippen LogP contribution < -0.4 is 0 Å². The number of nitrogens with zero attached hydrogens (tertiary/aromatic N) is 1. The molecule has 0 fully saturated rings. The van der Waals surface area contributed by atoms with Crippen molar-refractivity contribution in [3.8, 4) is 0 Å². The molecule has 0 atom stereocenters. The predicted octanol–water partition coefficient (Wildman–Crippen LogP) is 3.99. The van der Waals surface area contributed by atoms with E-state index in [1.807, 2.05) is 24.3 Å². The van der Waals surface area contributed by atoms with Gasteiger partial charge in [-0.25, -0.2) is 4.98 Å². The maximum Gasteiger partial charge on any atom is 1.00 e. The van der Waals surface area contributed by atoms with E-state index in [9.17, 15) is 0 Å². The molecule has 1 aromatic carbocycles. The van der Waals surface area contributed by atoms with Crippen LogP contribution >= 0.6 is 7.92 Å². The van der Waals surface area contributed by atoms with Crippen molar-refractivity contribution >= 4 is 31.7 Å². The maximum absolute atomic E-state index is 5.07. The fourth-order valence-electron chi connectivity index (χ4n) is 1.60. The zero-order chi connectivity index (χ0) is 12.7. The third kappa shape index (κ3) is 5.81. The Morgan fingerprint density at radius 1 is 1.11 bits per heavy atom. The topological polar surface area (TPSA) is 26.0 Å². The Morgan fingerprint density at radius 3 is 2.11 bits per heavy atom. The van der Waals surface area contributed by atoms with Crippen LogP contribution in [0, 0.1) is 0 Å². The van der Waals surface area contributed by atoms with Crippen molar-refractivity contribution in [3.63, 3.8) is 0 Å². The van der Waals surface area contributed by atoms with Crippen molar-refractivity contribution in [1.29, 1.82) is 0 Å². The molecule has 0 saturated carbocycles. The van der Waals surface area contributed by atoms with Crippen LogP contribution in [0.15, 0.2) is 33.9 Å². The number of fused-ring (bicyclic) bond motifs is 1. The average molecular weight is 466 g/mol. The van der Waals surface area contributed by atoms with E-state index in [2.05, 4.69) is 25.8 Å². The summed E-state index contributed by atoms with van der Waals surface area (Å²) < 4.78 is 5.07. The molecule has 0 unspecified atom stereocenters. The molecule has 2 rings (SSSR count). The number of aromatic nitrogens is 1. The number of hydrogen-bond donors (Lipinski definition) is 0. The number of hydrogen-bond acceptors (Lipinski definition) is 3. The summed E-state index contributed by atoms with van der Waals surface area (Å²) in [6, 6.07) is 7.51. The van der Waals surface area contributed by atoms with Crippen molar-refractivity contribution in [2.45, 2.75) is 26.0 Å². The molecule has 104 valence electrons. The number of oxazole rings is 1. The Morgan fingerprint density at radius 2 is 1.67 bits per heavy atom. The summed E-state index contributed by atoms with van der Waals surface area (Å²) in [5, 5.41) is 0.307. The Balaban J connectivity index is 0.000000326. The van der Waals surface area contributed by atoms with Crippen LogP contribution in [-0.2, 0) is 35.0 Å². The minimum Gasteiger partial charge on any atom is -0.721 e. The summed E-state index contributed by atoms with van der Waals surface area (Å²) in [5.74, 6) is 0. The van der Waals surface area contributed by atoms with Crippen molar-refractivity contribution in [2.24, 2.45) is 0 Å². The van der Waals surface area contributed by atoms with Crippen molar-refractivity contribution < 1.29 is 26.8 Å². The van der Waals surface area contributed by atoms with E-state index in [0.717, 1.165) is 11.1 Å². The van der Waals surface area contributed by atoms with Gasteiger partial charge in [0.15, 0.2) is 5.58 Å². The van der Waals surface area contributed by atoms with E-state index in [4.69, 9.17) is 17.0 Å². The fourth-order valence-corrected chi connectivity index (χ4v) is 3.29. The summed E-state index contributed by atoms with van der Waals surface area (Å²) in [6.07, 6.45) is 4.37. The Labute approximate surface area is 132 Å². The average Bonchev–Trinajstić information content (AvgIpc) is 2.72. The van der Waals surface area contributed by atoms with Crippen molar-refractivity contribution in [2.75, 3.05) is 18.5 Å². The maximum atomic E-state index is 5.07. The second-order valence-electron chi connectivity index (χ2n) is 3.76. The Bertz CT molecular complexity index is 407. The zero-order valence-corrected chi connectivity index (χ0v) is 15.0. The van der Waals surface area contributed by atoms with Gasteiger partial charge in [-0.3, -0.25) is 0 Å². The van der Waals surface area contributed by atoms with E-state index in [1.165, 1.54) is 18.5 Å². The van der Waals surface area contributed by atoms with Crippen molar-refractivity contribution in [3.05, 3.63) is 24.3 Å². The summed E-state index contributed by atoms with van der Waals surface area (Å²) in [4.78, 5) is 3.96. The third-order valence-corrected chi connectivity index (χ3v) is 5.95. The number of para-hydroxylation sites is 2. The van der Waals surface area contributed by atoms with Gasteiger partial charge in [0.25, 0.3) is 0 Å². The van der Waals surface area contributed by atoms with Gasteiger partial charge in [-0.15, -0.1) is 0 Å². The van der Waals surface area contributed by atoms with Gasteiger partial charge < -0.3 is 17.0 Å². The summed E-state index contributed by atoms with van der Waals surface area (Å²) in [7, 11) is 0.137. The third-order valence-electron chi connectivity index (χ3n) is 2.77. The molecule has 0 spiro atoms. The molecule has 18 heavy (non-hydrogen) atoms. The first-order valence-electron chi connectivity index (χ1n) is 6.07. The first kappa shape index (κ1) is 18.1. The molecular weight excluding hydrogens is 446 g/mol. The molecule has 0 aliphatic carbocycles. The first-order valence-corrected chi connectivity index (χ1v) is 8.60. The quantitative estimate of drug-likeness (QED) is 0.389. The Hall–Kier alpha value is 0.0803. The normalized spacial score (nSPS) is 9.78. The van der Waals surface area contributed by atoms with Crippen LogP contribution in [0.25, 0.3) is 11.1 Å². The smallest absolute Gasteiger partial charge is 0.721 e. The molecule has 0 saturated heterocycles. The van der Waals surface area contributed by atoms with Crippen LogP contribution in [0.2, 0.25) is 0 Å². The van der Waals surface area contributed by atoms with Crippen molar-refractivity contribution in [1.82, 2.24) is 4.98 Å². The molecule has 0 amide bonds.